The van der Waals surface area contributed by atoms with E-state index >= 15 is 0 Å². The molecule has 0 nitrogen and oxygen atoms in total. The van der Waals surface area contributed by atoms with Gasteiger partial charge in [0.15, 0.2) is 0 Å². The Balaban J connectivity index is 0.000000175. The Labute approximate surface area is 332 Å². The summed E-state index contributed by atoms with van der Waals surface area (Å²) in [5.41, 5.74) is 9.58. The fourth-order valence-corrected chi connectivity index (χ4v) is 7.08. The minimum absolute atomic E-state index is 0.563. The zero-order chi connectivity index (χ0) is 37.2. The summed E-state index contributed by atoms with van der Waals surface area (Å²) in [7, 11) is 11.0. The number of fused-ring (bicyclic) bond motifs is 4. The van der Waals surface area contributed by atoms with Crippen LogP contribution in [0.4, 0.5) is 0 Å². The molecular formula is C48H48Cl2SiZr. The molecule has 4 heteroatoms. The minimum atomic E-state index is -0.826. The van der Waals surface area contributed by atoms with Gasteiger partial charge in [0.2, 0.25) is 0 Å². The normalized spacial score (nSPS) is 10.8. The molecule has 0 aliphatic carbocycles. The van der Waals surface area contributed by atoms with Crippen molar-refractivity contribution < 1.29 is 20.8 Å². The molecule has 8 aromatic rings. The Morgan fingerprint density at radius 3 is 1.60 bits per heavy atom. The summed E-state index contributed by atoms with van der Waals surface area (Å²) in [5, 5.41) is 10.8. The molecule has 0 saturated heterocycles. The molecule has 0 aliphatic rings. The van der Waals surface area contributed by atoms with Crippen LogP contribution in [0.15, 0.2) is 140 Å². The second-order valence-corrected chi connectivity index (χ2v) is 18.8. The van der Waals surface area contributed by atoms with E-state index in [1.165, 1.54) is 82.0 Å². The number of benzene rings is 6. The third-order valence-electron chi connectivity index (χ3n) is 9.41. The van der Waals surface area contributed by atoms with Crippen LogP contribution in [-0.2, 0) is 27.3 Å². The molecule has 0 amide bonds. The molecule has 0 aliphatic heterocycles. The molecule has 0 unspecified atom stereocenters. The summed E-state index contributed by atoms with van der Waals surface area (Å²) >= 11 is -0.826. The standard InChI is InChI=1S/C24H23.C22H19.C2H6Si.2ClH.Zr/c1-16(2)13-18-14-23-17(3)11-12-22(24(23)15-18)21-10-6-8-19-7-4-5-9-20(19)21;1-15(2)18-13-17-9-6-12-21(22(17)14-18)20-11-5-8-16-7-3-4-10-19(16)20;1-3-2;;;/h4-12,14-16H,13H2,1-3H3;3-15H,1-2H3;1-2H3;2*1H;/q2*-1;;;;+4/p-2. The van der Waals surface area contributed by atoms with Gasteiger partial charge < -0.3 is 0 Å². The topological polar surface area (TPSA) is 0 Å². The molecule has 0 N–H and O–H groups in total. The SMILES string of the molecule is CC(C)c1cc2c(-c3cccc4ccccc34)cccc2[cH-]1.C[Si]C.Cc1ccc(-c2cccc3ccccc23)c2cc(CC(C)C)[cH-]c12.[Cl][Zr+2][Cl]. The summed E-state index contributed by atoms with van der Waals surface area (Å²) in [6.07, 6.45) is 1.14. The van der Waals surface area contributed by atoms with Crippen LogP contribution >= 0.6 is 17.0 Å². The number of hydrogen-bond donors (Lipinski definition) is 0. The van der Waals surface area contributed by atoms with Crippen molar-refractivity contribution in [3.05, 3.63) is 156 Å². The summed E-state index contributed by atoms with van der Waals surface area (Å²) in [6, 6.07) is 51.1. The van der Waals surface area contributed by atoms with Crippen molar-refractivity contribution >= 4 is 69.6 Å². The van der Waals surface area contributed by atoms with Gasteiger partial charge in [0.25, 0.3) is 0 Å². The zero-order valence-corrected chi connectivity index (χ0v) is 36.4. The van der Waals surface area contributed by atoms with Gasteiger partial charge in [-0.3, -0.25) is 0 Å². The summed E-state index contributed by atoms with van der Waals surface area (Å²) < 4.78 is 0. The van der Waals surface area contributed by atoms with E-state index in [2.05, 4.69) is 187 Å². The van der Waals surface area contributed by atoms with Gasteiger partial charge in [-0.05, 0) is 50.9 Å². The van der Waals surface area contributed by atoms with Gasteiger partial charge in [-0.1, -0.05) is 156 Å². The maximum atomic E-state index is 4.93. The molecule has 52 heavy (non-hydrogen) atoms. The Hall–Kier alpha value is -3.26. The van der Waals surface area contributed by atoms with Crippen LogP contribution in [0.2, 0.25) is 13.1 Å². The molecule has 262 valence electrons. The second kappa shape index (κ2) is 19.2. The zero-order valence-electron chi connectivity index (χ0n) is 31.4. The predicted octanol–water partition coefficient (Wildman–Crippen LogP) is 15.6. The van der Waals surface area contributed by atoms with Gasteiger partial charge in [0, 0.05) is 9.52 Å². The van der Waals surface area contributed by atoms with Crippen LogP contribution in [0.3, 0.4) is 0 Å². The second-order valence-electron chi connectivity index (χ2n) is 14.1. The summed E-state index contributed by atoms with van der Waals surface area (Å²) in [6.45, 7) is 15.6. The first-order valence-corrected chi connectivity index (χ1v) is 26.4. The molecular weight excluding hydrogens is 767 g/mol. The molecule has 0 heterocycles. The van der Waals surface area contributed by atoms with Crippen molar-refractivity contribution in [1.29, 1.82) is 0 Å². The van der Waals surface area contributed by atoms with Crippen molar-refractivity contribution in [2.45, 2.75) is 60.1 Å². The van der Waals surface area contributed by atoms with Crippen molar-refractivity contribution in [3.8, 4) is 22.3 Å². The summed E-state index contributed by atoms with van der Waals surface area (Å²) in [4.78, 5) is 0. The monoisotopic (exact) mass is 812 g/mol. The van der Waals surface area contributed by atoms with Crippen LogP contribution in [0.5, 0.6) is 0 Å². The first-order valence-electron chi connectivity index (χ1n) is 18.1. The van der Waals surface area contributed by atoms with E-state index in [0.29, 0.717) is 11.8 Å². The van der Waals surface area contributed by atoms with Gasteiger partial charge in [-0.2, -0.15) is 12.1 Å². The van der Waals surface area contributed by atoms with E-state index in [0.717, 1.165) is 15.9 Å². The molecule has 0 aromatic heterocycles. The van der Waals surface area contributed by atoms with E-state index in [1.807, 2.05) is 0 Å². The molecule has 0 bridgehead atoms. The van der Waals surface area contributed by atoms with Gasteiger partial charge in [-0.25, -0.2) is 0 Å². The van der Waals surface area contributed by atoms with Gasteiger partial charge in [0.1, 0.15) is 0 Å². The third kappa shape index (κ3) is 9.45. The van der Waals surface area contributed by atoms with Crippen LogP contribution in [0.1, 0.15) is 50.3 Å². The van der Waals surface area contributed by atoms with Crippen molar-refractivity contribution in [2.24, 2.45) is 5.92 Å². The van der Waals surface area contributed by atoms with E-state index in [9.17, 15) is 0 Å². The Morgan fingerprint density at radius 2 is 1.06 bits per heavy atom. The van der Waals surface area contributed by atoms with Crippen LogP contribution < -0.4 is 0 Å². The van der Waals surface area contributed by atoms with E-state index < -0.39 is 20.8 Å². The molecule has 0 spiro atoms. The van der Waals surface area contributed by atoms with Gasteiger partial charge >= 0.3 is 37.9 Å². The molecule has 0 fully saturated rings. The molecule has 8 aromatic carbocycles. The number of rotatable bonds is 5. The van der Waals surface area contributed by atoms with Crippen molar-refractivity contribution in [3.63, 3.8) is 0 Å². The Bertz CT molecular complexity index is 2350. The average molecular weight is 815 g/mol. The number of hydrogen-bond acceptors (Lipinski definition) is 0. The third-order valence-corrected chi connectivity index (χ3v) is 9.41. The quantitative estimate of drug-likeness (QED) is 0.120. The summed E-state index contributed by atoms with van der Waals surface area (Å²) in [5.74, 6) is 1.25. The van der Waals surface area contributed by atoms with Crippen LogP contribution in [-0.4, -0.2) is 9.52 Å². The maximum absolute atomic E-state index is 4.93. The van der Waals surface area contributed by atoms with E-state index in [1.54, 1.807) is 0 Å². The predicted molar refractivity (Wildman–Crippen MR) is 232 cm³/mol. The number of aryl methyl sites for hydroxylation is 1. The number of halogens is 2. The van der Waals surface area contributed by atoms with Gasteiger partial charge in [0.05, 0.1) is 0 Å². The van der Waals surface area contributed by atoms with E-state index in [4.69, 9.17) is 17.0 Å². The van der Waals surface area contributed by atoms with Crippen LogP contribution in [0, 0.1) is 12.8 Å². The van der Waals surface area contributed by atoms with Crippen molar-refractivity contribution in [1.82, 2.24) is 0 Å². The van der Waals surface area contributed by atoms with Gasteiger partial charge in [-0.15, -0.1) is 68.6 Å². The molecule has 0 atom stereocenters. The first-order chi connectivity index (χ1) is 25.2. The molecule has 8 rings (SSSR count). The van der Waals surface area contributed by atoms with Crippen LogP contribution in [0.25, 0.3) is 65.3 Å². The first kappa shape index (κ1) is 39.9. The fraction of sp³-hybridized carbons (Fsp3) is 0.208. The van der Waals surface area contributed by atoms with E-state index in [-0.39, 0.29) is 0 Å². The Morgan fingerprint density at radius 1 is 0.577 bits per heavy atom. The molecule has 0 saturated carbocycles. The molecule has 2 radical (unpaired) electrons. The Kier molecular flexibility index (Phi) is 14.7. The average Bonchev–Trinajstić information content (AvgIpc) is 3.78. The fourth-order valence-electron chi connectivity index (χ4n) is 7.08. The van der Waals surface area contributed by atoms with Crippen molar-refractivity contribution in [2.75, 3.05) is 0 Å².